The third-order valence-corrected chi connectivity index (χ3v) is 9.39. The second-order valence-electron chi connectivity index (χ2n) is 12.5. The molecule has 2 atom stereocenters. The Morgan fingerprint density at radius 3 is 1.96 bits per heavy atom. The molecule has 16 nitrogen and oxygen atoms in total. The standard InChI is InChI=1S/C40H51N5O11S/c1-5-7-9-30(39(49)50)25-37(48)55-21-19-54-18-17-52-15-13-45(14-16-53-20-22-56-40(51)31(10-8-6-2)24-36(46)47)32-11-12-34(28(3)23-32)43-44-38-33(26-41)29(4)35(27-42)57-38/h5-8,11-12,23,30-31H,9-10,13-22,24-25H2,1-4H3,(H,46,47)(H,49,50)/b7-5+,8-6+,44-43?. The number of rotatable bonds is 28. The van der Waals surface area contributed by atoms with Crippen LogP contribution in [0, 0.1) is 48.3 Å². The predicted octanol–water partition coefficient (Wildman–Crippen LogP) is 6.58. The first-order valence-electron chi connectivity index (χ1n) is 18.4. The highest BCUT2D eigenvalue weighted by molar-refractivity contribution is 7.16. The molecule has 0 aliphatic heterocycles. The van der Waals surface area contributed by atoms with Crippen LogP contribution in [0.1, 0.15) is 61.1 Å². The van der Waals surface area contributed by atoms with Gasteiger partial charge in [-0.05, 0) is 69.9 Å². The molecule has 0 aliphatic carbocycles. The van der Waals surface area contributed by atoms with Crippen LogP contribution in [0.2, 0.25) is 0 Å². The molecule has 0 amide bonds. The zero-order valence-corrected chi connectivity index (χ0v) is 33.6. The molecule has 17 heteroatoms. The van der Waals surface area contributed by atoms with Gasteiger partial charge in [-0.1, -0.05) is 24.3 Å². The Balaban J connectivity index is 1.95. The number of thiophene rings is 1. The monoisotopic (exact) mass is 809 g/mol. The number of carbonyl (C=O) groups excluding carboxylic acids is 2. The van der Waals surface area contributed by atoms with E-state index < -0.39 is 35.7 Å². The van der Waals surface area contributed by atoms with Gasteiger partial charge in [-0.3, -0.25) is 19.2 Å². The van der Waals surface area contributed by atoms with E-state index in [1.807, 2.05) is 24.0 Å². The number of aryl methyl sites for hydroxylation is 1. The van der Waals surface area contributed by atoms with Gasteiger partial charge in [-0.2, -0.15) is 10.5 Å². The Hall–Kier alpha value is -5.46. The van der Waals surface area contributed by atoms with Crippen LogP contribution in [0.5, 0.6) is 0 Å². The minimum atomic E-state index is -1.08. The smallest absolute Gasteiger partial charge is 0.309 e. The SMILES string of the molecule is C/C=C/CC(CC(=O)OCCOCCOCCN(CCOCCOC(=O)C(C/C=C/C)CC(=O)O)c1ccc(N=Nc2sc(C#N)c(C)c2C#N)c(C)c1)C(=O)O. The lowest BCUT2D eigenvalue weighted by molar-refractivity contribution is -0.154. The van der Waals surface area contributed by atoms with E-state index in [1.165, 1.54) is 0 Å². The average molecular weight is 810 g/mol. The van der Waals surface area contributed by atoms with Crippen LogP contribution in [-0.2, 0) is 42.9 Å². The Morgan fingerprint density at radius 2 is 1.40 bits per heavy atom. The average Bonchev–Trinajstić information content (AvgIpc) is 3.50. The normalized spacial score (nSPS) is 12.4. The summed E-state index contributed by atoms with van der Waals surface area (Å²) in [5.41, 5.74) is 3.12. The Labute approximate surface area is 336 Å². The Morgan fingerprint density at radius 1 is 0.807 bits per heavy atom. The lowest BCUT2D eigenvalue weighted by Gasteiger charge is -2.25. The quantitative estimate of drug-likeness (QED) is 0.0400. The zero-order chi connectivity index (χ0) is 42.0. The van der Waals surface area contributed by atoms with Crippen molar-refractivity contribution in [1.82, 2.24) is 0 Å². The number of hydrogen-bond donors (Lipinski definition) is 2. The van der Waals surface area contributed by atoms with Crippen LogP contribution < -0.4 is 4.90 Å². The van der Waals surface area contributed by atoms with Gasteiger partial charge in [0.2, 0.25) is 0 Å². The van der Waals surface area contributed by atoms with E-state index in [0.29, 0.717) is 46.4 Å². The third kappa shape index (κ3) is 17.9. The van der Waals surface area contributed by atoms with E-state index in [2.05, 4.69) is 22.4 Å². The number of allylic oxidation sites excluding steroid dienone is 4. The third-order valence-electron chi connectivity index (χ3n) is 8.31. The van der Waals surface area contributed by atoms with E-state index in [4.69, 9.17) is 28.8 Å². The van der Waals surface area contributed by atoms with Gasteiger partial charge >= 0.3 is 23.9 Å². The van der Waals surface area contributed by atoms with Crippen LogP contribution in [0.3, 0.4) is 0 Å². The first-order chi connectivity index (χ1) is 27.4. The van der Waals surface area contributed by atoms with Crippen molar-refractivity contribution in [3.05, 3.63) is 64.1 Å². The van der Waals surface area contributed by atoms with Crippen molar-refractivity contribution in [3.8, 4) is 12.1 Å². The number of nitriles is 2. The van der Waals surface area contributed by atoms with E-state index in [1.54, 1.807) is 51.1 Å². The number of anilines is 1. The van der Waals surface area contributed by atoms with Crippen molar-refractivity contribution in [2.75, 3.05) is 70.8 Å². The maximum atomic E-state index is 12.4. The van der Waals surface area contributed by atoms with Crippen molar-refractivity contribution < 1.29 is 53.1 Å². The number of carboxylic acids is 2. The molecular weight excluding hydrogens is 759 g/mol. The molecule has 0 spiro atoms. The second-order valence-corrected chi connectivity index (χ2v) is 13.5. The molecule has 0 bridgehead atoms. The summed E-state index contributed by atoms with van der Waals surface area (Å²) >= 11 is 1.11. The fraction of sp³-hybridized carbons (Fsp3) is 0.500. The van der Waals surface area contributed by atoms with Crippen LogP contribution in [0.15, 0.2) is 52.7 Å². The van der Waals surface area contributed by atoms with Crippen LogP contribution >= 0.6 is 11.3 Å². The number of nitrogens with zero attached hydrogens (tertiary/aromatic N) is 5. The van der Waals surface area contributed by atoms with Gasteiger partial charge in [0.05, 0.1) is 75.6 Å². The first-order valence-corrected chi connectivity index (χ1v) is 19.2. The Bertz CT molecular complexity index is 1790. The molecule has 0 fully saturated rings. The number of aliphatic carboxylic acids is 2. The van der Waals surface area contributed by atoms with Gasteiger partial charge in [0.15, 0.2) is 5.00 Å². The zero-order valence-electron chi connectivity index (χ0n) is 32.8. The topological polar surface area (TPSA) is 230 Å². The van der Waals surface area contributed by atoms with E-state index in [-0.39, 0.29) is 71.9 Å². The number of carboxylic acid groups (broad SMARTS) is 2. The fourth-order valence-corrected chi connectivity index (χ4v) is 6.01. The number of ether oxygens (including phenoxy) is 5. The lowest BCUT2D eigenvalue weighted by atomic mass is 10.0. The highest BCUT2D eigenvalue weighted by Crippen LogP contribution is 2.36. The number of esters is 2. The van der Waals surface area contributed by atoms with Crippen molar-refractivity contribution in [2.45, 2.75) is 53.4 Å². The summed E-state index contributed by atoms with van der Waals surface area (Å²) in [6.07, 6.45) is 6.86. The molecule has 0 saturated heterocycles. The maximum absolute atomic E-state index is 12.4. The van der Waals surface area contributed by atoms with E-state index >= 15 is 0 Å². The van der Waals surface area contributed by atoms with Gasteiger partial charge in [0.1, 0.15) is 30.2 Å². The number of carbonyl (C=O) groups is 4. The molecule has 0 saturated carbocycles. The van der Waals surface area contributed by atoms with Gasteiger partial charge in [-0.25, -0.2) is 0 Å². The van der Waals surface area contributed by atoms with E-state index in [0.717, 1.165) is 22.6 Å². The van der Waals surface area contributed by atoms with Crippen LogP contribution in [0.4, 0.5) is 16.4 Å². The number of hydrogen-bond acceptors (Lipinski definition) is 15. The van der Waals surface area contributed by atoms with E-state index in [9.17, 15) is 34.8 Å². The van der Waals surface area contributed by atoms with Gasteiger partial charge in [0.25, 0.3) is 0 Å². The van der Waals surface area contributed by atoms with Gasteiger partial charge in [0, 0.05) is 18.8 Å². The molecule has 1 heterocycles. The molecule has 308 valence electrons. The minimum Gasteiger partial charge on any atom is -0.481 e. The number of benzene rings is 1. The minimum absolute atomic E-state index is 0.0108. The maximum Gasteiger partial charge on any atom is 0.309 e. The molecule has 2 rings (SSSR count). The predicted molar refractivity (Wildman–Crippen MR) is 211 cm³/mol. The first kappa shape index (κ1) is 47.7. The molecule has 2 aromatic rings. The highest BCUT2D eigenvalue weighted by atomic mass is 32.1. The molecule has 2 N–H and O–H groups in total. The second kappa shape index (κ2) is 27.2. The summed E-state index contributed by atoms with van der Waals surface area (Å²) < 4.78 is 27.4. The summed E-state index contributed by atoms with van der Waals surface area (Å²) in [5, 5.41) is 46.3. The fourth-order valence-electron chi connectivity index (χ4n) is 5.14. The Kier molecular flexibility index (Phi) is 22.8. The highest BCUT2D eigenvalue weighted by Gasteiger charge is 2.23. The van der Waals surface area contributed by atoms with Crippen molar-refractivity contribution in [1.29, 1.82) is 10.5 Å². The van der Waals surface area contributed by atoms with Gasteiger partial charge < -0.3 is 38.8 Å². The van der Waals surface area contributed by atoms with Crippen molar-refractivity contribution >= 4 is 51.6 Å². The number of azo groups is 1. The molecule has 0 radical (unpaired) electrons. The summed E-state index contributed by atoms with van der Waals surface area (Å²) in [6.45, 7) is 9.35. The summed E-state index contributed by atoms with van der Waals surface area (Å²) in [5.74, 6) is -4.96. The molecule has 1 aromatic heterocycles. The molecule has 57 heavy (non-hydrogen) atoms. The molecule has 2 unspecified atom stereocenters. The lowest BCUT2D eigenvalue weighted by Crippen LogP contribution is -2.32. The van der Waals surface area contributed by atoms with Gasteiger partial charge in [-0.15, -0.1) is 21.6 Å². The van der Waals surface area contributed by atoms with Crippen LogP contribution in [-0.4, -0.2) is 100 Å². The molecule has 0 aliphatic rings. The molecule has 1 aromatic carbocycles. The van der Waals surface area contributed by atoms with Crippen molar-refractivity contribution in [2.24, 2.45) is 22.1 Å². The van der Waals surface area contributed by atoms with Crippen molar-refractivity contribution in [3.63, 3.8) is 0 Å². The summed E-state index contributed by atoms with van der Waals surface area (Å²) in [4.78, 5) is 49.4. The summed E-state index contributed by atoms with van der Waals surface area (Å²) in [7, 11) is 0. The summed E-state index contributed by atoms with van der Waals surface area (Å²) in [6, 6.07) is 9.76. The van der Waals surface area contributed by atoms with Crippen LogP contribution in [0.25, 0.3) is 0 Å². The largest absolute Gasteiger partial charge is 0.481 e. The molecular formula is C40H51N5O11S.